The summed E-state index contributed by atoms with van der Waals surface area (Å²) in [5, 5.41) is 38.1. The average Bonchev–Trinajstić information content (AvgIpc) is 2.47. The van der Waals surface area contributed by atoms with Crippen LogP contribution in [0.15, 0.2) is 30.3 Å². The van der Waals surface area contributed by atoms with Crippen molar-refractivity contribution in [1.29, 1.82) is 0 Å². The minimum Gasteiger partial charge on any atom is -0.595 e. The van der Waals surface area contributed by atoms with E-state index in [4.69, 9.17) is 5.21 Å². The first-order valence-electron chi connectivity index (χ1n) is 5.94. The third-order valence-electron chi connectivity index (χ3n) is 3.39. The fourth-order valence-corrected chi connectivity index (χ4v) is 2.39. The van der Waals surface area contributed by atoms with Crippen LogP contribution in [0.1, 0.15) is 31.8 Å². The number of fused-ring (bicyclic) bond motifs is 2. The SMILES string of the molecule is O=C1c2ccccc2C(=O)c2c1cc([NH+]([O-])O)c(O)c2O. The van der Waals surface area contributed by atoms with Crippen LogP contribution < -0.4 is 5.23 Å². The molecule has 106 valence electrons. The molecule has 0 aliphatic heterocycles. The Morgan fingerprint density at radius 2 is 1.48 bits per heavy atom. The van der Waals surface area contributed by atoms with Crippen LogP contribution >= 0.6 is 0 Å². The van der Waals surface area contributed by atoms with Gasteiger partial charge >= 0.3 is 0 Å². The zero-order valence-corrected chi connectivity index (χ0v) is 10.5. The standard InChI is InChI=1S/C14H9NO6/c16-11-6-3-1-2-4-7(6)12(17)10-8(11)5-9(15(20)21)13(18)14(10)19/h1-5,15,18-20H. The maximum absolute atomic E-state index is 12.4. The molecule has 0 spiro atoms. The zero-order valence-electron chi connectivity index (χ0n) is 10.5. The molecule has 0 bridgehead atoms. The van der Waals surface area contributed by atoms with Crippen molar-refractivity contribution in [3.63, 3.8) is 0 Å². The van der Waals surface area contributed by atoms with E-state index in [2.05, 4.69) is 0 Å². The van der Waals surface area contributed by atoms with Gasteiger partial charge in [0.25, 0.3) is 0 Å². The lowest BCUT2D eigenvalue weighted by Gasteiger charge is -2.21. The number of phenols is 2. The molecule has 7 heteroatoms. The van der Waals surface area contributed by atoms with Gasteiger partial charge in [-0.3, -0.25) is 9.59 Å². The van der Waals surface area contributed by atoms with E-state index in [0.717, 1.165) is 6.07 Å². The van der Waals surface area contributed by atoms with Crippen LogP contribution in [0.25, 0.3) is 0 Å². The quantitative estimate of drug-likeness (QED) is 0.376. The predicted octanol–water partition coefficient (Wildman–Crippen LogP) is 0.277. The van der Waals surface area contributed by atoms with Gasteiger partial charge in [-0.1, -0.05) is 24.3 Å². The smallest absolute Gasteiger partial charge is 0.224 e. The largest absolute Gasteiger partial charge is 0.595 e. The van der Waals surface area contributed by atoms with Gasteiger partial charge in [0.2, 0.25) is 11.4 Å². The maximum Gasteiger partial charge on any atom is 0.224 e. The monoisotopic (exact) mass is 287 g/mol. The lowest BCUT2D eigenvalue weighted by molar-refractivity contribution is -0.991. The highest BCUT2D eigenvalue weighted by molar-refractivity contribution is 6.29. The molecule has 1 aliphatic rings. The van der Waals surface area contributed by atoms with Crippen molar-refractivity contribution in [1.82, 2.24) is 0 Å². The summed E-state index contributed by atoms with van der Waals surface area (Å²) in [6, 6.07) is 6.93. The number of hydrogen-bond acceptors (Lipinski definition) is 6. The summed E-state index contributed by atoms with van der Waals surface area (Å²) in [7, 11) is 0. The summed E-state index contributed by atoms with van der Waals surface area (Å²) in [5.41, 5.74) is -0.997. The molecule has 2 aromatic rings. The Labute approximate surface area is 117 Å². The molecule has 0 fully saturated rings. The molecule has 4 N–H and O–H groups in total. The highest BCUT2D eigenvalue weighted by atomic mass is 16.8. The summed E-state index contributed by atoms with van der Waals surface area (Å²) < 4.78 is 0. The Morgan fingerprint density at radius 3 is 2.05 bits per heavy atom. The fraction of sp³-hybridized carbons (Fsp3) is 0. The Morgan fingerprint density at radius 1 is 0.905 bits per heavy atom. The summed E-state index contributed by atoms with van der Waals surface area (Å²) in [6.45, 7) is 0. The molecular formula is C14H9NO6. The van der Waals surface area contributed by atoms with E-state index < -0.39 is 34.0 Å². The van der Waals surface area contributed by atoms with Crippen LogP contribution in [0.2, 0.25) is 0 Å². The minimum atomic E-state index is -1.51. The second-order valence-corrected chi connectivity index (χ2v) is 4.55. The molecule has 0 heterocycles. The number of carbonyl (C=O) groups is 2. The van der Waals surface area contributed by atoms with Crippen molar-refractivity contribution >= 4 is 17.3 Å². The van der Waals surface area contributed by atoms with Gasteiger partial charge in [0.1, 0.15) is 0 Å². The van der Waals surface area contributed by atoms with Crippen LogP contribution in [0.4, 0.5) is 5.69 Å². The number of quaternary nitrogens is 1. The summed E-state index contributed by atoms with van der Waals surface area (Å²) >= 11 is 0. The second kappa shape index (κ2) is 4.38. The van der Waals surface area contributed by atoms with Gasteiger partial charge in [-0.15, -0.1) is 0 Å². The highest BCUT2D eigenvalue weighted by Gasteiger charge is 2.35. The van der Waals surface area contributed by atoms with E-state index in [-0.39, 0.29) is 22.3 Å². The number of hydrogen-bond donors (Lipinski definition) is 4. The van der Waals surface area contributed by atoms with Gasteiger partial charge in [0, 0.05) is 22.8 Å². The molecule has 0 saturated carbocycles. The normalized spacial score (nSPS) is 14.6. The molecule has 0 aromatic heterocycles. The van der Waals surface area contributed by atoms with Gasteiger partial charge in [0.05, 0.1) is 5.56 Å². The third-order valence-corrected chi connectivity index (χ3v) is 3.39. The average molecular weight is 287 g/mol. The number of ketones is 2. The molecule has 0 saturated heterocycles. The summed E-state index contributed by atoms with van der Waals surface area (Å²) in [4.78, 5) is 24.7. The number of rotatable bonds is 1. The van der Waals surface area contributed by atoms with Gasteiger partial charge in [-0.05, 0) is 0 Å². The lowest BCUT2D eigenvalue weighted by atomic mass is 9.83. The molecule has 0 radical (unpaired) electrons. The van der Waals surface area contributed by atoms with Gasteiger partial charge in [-0.2, -0.15) is 5.23 Å². The van der Waals surface area contributed by atoms with E-state index in [1.54, 1.807) is 12.1 Å². The first-order valence-corrected chi connectivity index (χ1v) is 5.94. The Bertz CT molecular complexity index is 796. The first-order chi connectivity index (χ1) is 9.93. The number of nitrogens with one attached hydrogen (secondary N) is 1. The number of phenolic OH excluding ortho intramolecular Hbond substituents is 2. The van der Waals surface area contributed by atoms with Crippen LogP contribution in [0.3, 0.4) is 0 Å². The van der Waals surface area contributed by atoms with E-state index in [1.165, 1.54) is 12.1 Å². The topological polar surface area (TPSA) is 122 Å². The molecular weight excluding hydrogens is 278 g/mol. The number of carbonyl (C=O) groups excluding carboxylic acids is 2. The first kappa shape index (κ1) is 13.3. The van der Waals surface area contributed by atoms with Crippen molar-refractivity contribution in [2.75, 3.05) is 0 Å². The second-order valence-electron chi connectivity index (χ2n) is 4.55. The number of aromatic hydroxyl groups is 2. The molecule has 1 unspecified atom stereocenters. The summed E-state index contributed by atoms with van der Waals surface area (Å²) in [6.07, 6.45) is 0. The molecule has 7 nitrogen and oxygen atoms in total. The van der Waals surface area contributed by atoms with Gasteiger partial charge < -0.3 is 15.4 Å². The molecule has 1 atom stereocenters. The van der Waals surface area contributed by atoms with Crippen LogP contribution in [-0.2, 0) is 0 Å². The van der Waals surface area contributed by atoms with Crippen molar-refractivity contribution in [2.24, 2.45) is 0 Å². The van der Waals surface area contributed by atoms with Crippen molar-refractivity contribution in [3.05, 3.63) is 57.8 Å². The Kier molecular flexibility index (Phi) is 2.77. The van der Waals surface area contributed by atoms with Crippen molar-refractivity contribution < 1.29 is 30.2 Å². The third kappa shape index (κ3) is 1.73. The van der Waals surface area contributed by atoms with E-state index >= 15 is 0 Å². The fourth-order valence-electron chi connectivity index (χ4n) is 2.39. The van der Waals surface area contributed by atoms with Crippen LogP contribution in [-0.4, -0.2) is 27.0 Å². The van der Waals surface area contributed by atoms with Crippen LogP contribution in [0, 0.1) is 5.21 Å². The predicted molar refractivity (Wildman–Crippen MR) is 68.9 cm³/mol. The molecule has 3 rings (SSSR count). The molecule has 1 aliphatic carbocycles. The maximum atomic E-state index is 12.4. The Balaban J connectivity index is 2.36. The zero-order chi connectivity index (χ0) is 15.3. The highest BCUT2D eigenvalue weighted by Crippen LogP contribution is 2.41. The van der Waals surface area contributed by atoms with Gasteiger partial charge in [-0.25, -0.2) is 5.21 Å². The molecule has 21 heavy (non-hydrogen) atoms. The Hall–Kier alpha value is -2.74. The van der Waals surface area contributed by atoms with E-state index in [1.807, 2.05) is 0 Å². The molecule has 0 amide bonds. The van der Waals surface area contributed by atoms with Gasteiger partial charge in [0.15, 0.2) is 17.3 Å². The lowest BCUT2D eigenvalue weighted by Crippen LogP contribution is -2.99. The minimum absolute atomic E-state index is 0.104. The van der Waals surface area contributed by atoms with E-state index in [0.29, 0.717) is 0 Å². The van der Waals surface area contributed by atoms with Crippen LogP contribution in [0.5, 0.6) is 11.5 Å². The summed E-state index contributed by atoms with van der Waals surface area (Å²) in [5.74, 6) is -3.03. The van der Waals surface area contributed by atoms with Crippen molar-refractivity contribution in [2.45, 2.75) is 0 Å². The molecule has 2 aromatic carbocycles. The van der Waals surface area contributed by atoms with Crippen molar-refractivity contribution in [3.8, 4) is 11.5 Å². The number of benzene rings is 2. The van der Waals surface area contributed by atoms with E-state index in [9.17, 15) is 25.0 Å².